The quantitative estimate of drug-likeness (QED) is 0.192. The Hall–Kier alpha value is -5.93. The van der Waals surface area contributed by atoms with Gasteiger partial charge in [0.15, 0.2) is 0 Å². The van der Waals surface area contributed by atoms with Crippen LogP contribution in [0.25, 0.3) is 82.8 Å². The molecule has 0 fully saturated rings. The molecule has 0 saturated carbocycles. The molecule has 0 aliphatic heterocycles. The van der Waals surface area contributed by atoms with Crippen LogP contribution >= 0.6 is 0 Å². The van der Waals surface area contributed by atoms with Crippen LogP contribution in [0.15, 0.2) is 146 Å². The third kappa shape index (κ3) is 5.45. The topological polar surface area (TPSA) is 17.8 Å². The zero-order valence-electron chi connectivity index (χ0n) is 32.0. The second kappa shape index (κ2) is 13.5. The maximum absolute atomic E-state index is 4.95. The Morgan fingerprint density at radius 1 is 0.426 bits per heavy atom. The Kier molecular flexibility index (Phi) is 8.46. The van der Waals surface area contributed by atoms with Gasteiger partial charge in [-0.25, -0.2) is 4.98 Å². The van der Waals surface area contributed by atoms with Crippen molar-refractivity contribution in [2.75, 3.05) is 0 Å². The zero-order valence-corrected chi connectivity index (χ0v) is 32.0. The summed E-state index contributed by atoms with van der Waals surface area (Å²) in [7, 11) is 11.3. The van der Waals surface area contributed by atoms with E-state index in [9.17, 15) is 0 Å². The Bertz CT molecular complexity index is 2840. The molecule has 0 aliphatic carbocycles. The minimum absolute atomic E-state index is 0.861. The standard InChI is InChI=1S/C47H39B5N2/c1-2-39-53-37-19-7-8-20-38(37)54(39)32-14-10-12-30(26-32)29-11-9-13-31(25-29)41-35-17-5-3-15-33(35)40(34-16-4-6-18-36(34)41)27-21-23-28(24-22-27)42-43(48)45(50)47(52)46(51)44(42)49/h3-26H,2,48-52H2,1H3. The van der Waals surface area contributed by atoms with Gasteiger partial charge in [0.2, 0.25) is 0 Å². The van der Waals surface area contributed by atoms with E-state index in [0.29, 0.717) is 0 Å². The van der Waals surface area contributed by atoms with Gasteiger partial charge in [-0.15, -0.1) is 16.4 Å². The van der Waals surface area contributed by atoms with Crippen LogP contribution in [0.1, 0.15) is 12.7 Å². The summed E-state index contributed by atoms with van der Waals surface area (Å²) in [6, 6.07) is 53.6. The van der Waals surface area contributed by atoms with Gasteiger partial charge in [0.05, 0.1) is 11.0 Å². The number of fused-ring (bicyclic) bond motifs is 3. The summed E-state index contributed by atoms with van der Waals surface area (Å²) < 4.78 is 2.31. The number of imidazole rings is 1. The van der Waals surface area contributed by atoms with Gasteiger partial charge in [0, 0.05) is 12.1 Å². The number of aromatic nitrogens is 2. The maximum atomic E-state index is 4.95. The summed E-state index contributed by atoms with van der Waals surface area (Å²) in [5, 5.41) is 5.05. The molecule has 0 saturated heterocycles. The molecule has 9 aromatic rings. The number of nitrogens with zero attached hydrogens (tertiary/aromatic N) is 2. The molecule has 252 valence electrons. The SMILES string of the molecule is Bc1c(B)c(B)c(-c2ccc(-c3c4ccccc4c(-c4cccc(-c5cccc(-n6c(CC)nc7ccccc76)c5)c4)c4ccccc34)cc2)c(B)c1B. The monoisotopic (exact) mass is 686 g/mol. The molecule has 9 rings (SSSR count). The molecule has 0 aliphatic rings. The first-order chi connectivity index (χ1) is 26.3. The van der Waals surface area contributed by atoms with Crippen LogP contribution in [0.5, 0.6) is 0 Å². The first-order valence-corrected chi connectivity index (χ1v) is 19.1. The average Bonchev–Trinajstić information content (AvgIpc) is 3.61. The predicted molar refractivity (Wildman–Crippen MR) is 248 cm³/mol. The van der Waals surface area contributed by atoms with Crippen molar-refractivity contribution in [3.8, 4) is 50.2 Å². The highest BCUT2D eigenvalue weighted by Gasteiger charge is 2.19. The van der Waals surface area contributed by atoms with E-state index in [0.717, 1.165) is 29.0 Å². The lowest BCUT2D eigenvalue weighted by Gasteiger charge is -2.21. The molecule has 0 atom stereocenters. The van der Waals surface area contributed by atoms with Crippen molar-refractivity contribution in [1.82, 2.24) is 9.55 Å². The van der Waals surface area contributed by atoms with E-state index >= 15 is 0 Å². The smallest absolute Gasteiger partial charge is 0.139 e. The molecule has 0 spiro atoms. The molecule has 8 aromatic carbocycles. The second-order valence-electron chi connectivity index (χ2n) is 14.8. The van der Waals surface area contributed by atoms with Gasteiger partial charge in [0.1, 0.15) is 45.1 Å². The van der Waals surface area contributed by atoms with Crippen molar-refractivity contribution in [3.63, 3.8) is 0 Å². The Labute approximate surface area is 322 Å². The predicted octanol–water partition coefficient (Wildman–Crippen LogP) is 3.85. The number of rotatable bonds is 6. The van der Waals surface area contributed by atoms with Crippen molar-refractivity contribution in [3.05, 3.63) is 151 Å². The Morgan fingerprint density at radius 3 is 1.48 bits per heavy atom. The van der Waals surface area contributed by atoms with E-state index in [4.69, 9.17) is 4.98 Å². The van der Waals surface area contributed by atoms with Crippen LogP contribution in [0.3, 0.4) is 0 Å². The van der Waals surface area contributed by atoms with Gasteiger partial charge in [-0.3, -0.25) is 4.57 Å². The maximum Gasteiger partial charge on any atom is 0.139 e. The van der Waals surface area contributed by atoms with Crippen molar-refractivity contribution in [2.45, 2.75) is 13.3 Å². The van der Waals surface area contributed by atoms with Crippen LogP contribution in [-0.4, -0.2) is 48.8 Å². The summed E-state index contributed by atoms with van der Waals surface area (Å²) in [4.78, 5) is 4.95. The summed E-state index contributed by atoms with van der Waals surface area (Å²) >= 11 is 0. The van der Waals surface area contributed by atoms with Crippen LogP contribution in [0.2, 0.25) is 0 Å². The third-order valence-electron chi connectivity index (χ3n) is 11.9. The van der Waals surface area contributed by atoms with Crippen LogP contribution in [0.4, 0.5) is 0 Å². The summed E-state index contributed by atoms with van der Waals surface area (Å²) in [5.41, 5.74) is 20.2. The van der Waals surface area contributed by atoms with Crippen molar-refractivity contribution in [1.29, 1.82) is 0 Å². The van der Waals surface area contributed by atoms with Gasteiger partial charge in [-0.1, -0.05) is 133 Å². The molecule has 0 bridgehead atoms. The molecular weight excluding hydrogens is 647 g/mol. The van der Waals surface area contributed by atoms with E-state index in [-0.39, 0.29) is 0 Å². The lowest BCUT2D eigenvalue weighted by Crippen LogP contribution is -2.55. The average molecular weight is 686 g/mol. The molecule has 54 heavy (non-hydrogen) atoms. The molecule has 0 N–H and O–H groups in total. The Morgan fingerprint density at radius 2 is 0.889 bits per heavy atom. The molecule has 0 unspecified atom stereocenters. The molecule has 0 radical (unpaired) electrons. The minimum Gasteiger partial charge on any atom is -0.296 e. The van der Waals surface area contributed by atoms with Gasteiger partial charge < -0.3 is 0 Å². The highest BCUT2D eigenvalue weighted by molar-refractivity contribution is 6.68. The van der Waals surface area contributed by atoms with Crippen molar-refractivity contribution < 1.29 is 0 Å². The Balaban J connectivity index is 1.18. The fourth-order valence-corrected chi connectivity index (χ4v) is 8.77. The molecular formula is C47H39B5N2. The van der Waals surface area contributed by atoms with Crippen molar-refractivity contribution in [2.24, 2.45) is 0 Å². The van der Waals surface area contributed by atoms with E-state index in [1.807, 2.05) is 0 Å². The van der Waals surface area contributed by atoms with E-state index in [1.165, 1.54) is 93.4 Å². The largest absolute Gasteiger partial charge is 0.296 e. The van der Waals surface area contributed by atoms with E-state index in [2.05, 4.69) is 196 Å². The fraction of sp³-hybridized carbons (Fsp3) is 0.0426. The molecule has 2 nitrogen and oxygen atoms in total. The highest BCUT2D eigenvalue weighted by atomic mass is 15.1. The minimum atomic E-state index is 0.861. The number of hydrogen-bond acceptors (Lipinski definition) is 1. The summed E-state index contributed by atoms with van der Waals surface area (Å²) in [6.45, 7) is 2.18. The van der Waals surface area contributed by atoms with Crippen LogP contribution < -0.4 is 27.3 Å². The number of benzene rings is 8. The molecule has 7 heteroatoms. The highest BCUT2D eigenvalue weighted by Crippen LogP contribution is 2.44. The molecule has 1 aromatic heterocycles. The van der Waals surface area contributed by atoms with Crippen molar-refractivity contribution >= 4 is 99.1 Å². The summed E-state index contributed by atoms with van der Waals surface area (Å²) in [6.07, 6.45) is 0.861. The van der Waals surface area contributed by atoms with Gasteiger partial charge in [-0.05, 0) is 96.4 Å². The van der Waals surface area contributed by atoms with E-state index in [1.54, 1.807) is 0 Å². The number of hydrogen-bond donors (Lipinski definition) is 0. The third-order valence-corrected chi connectivity index (χ3v) is 11.9. The van der Waals surface area contributed by atoms with Gasteiger partial charge in [0.25, 0.3) is 0 Å². The van der Waals surface area contributed by atoms with Gasteiger partial charge >= 0.3 is 0 Å². The fourth-order valence-electron chi connectivity index (χ4n) is 8.77. The number of para-hydroxylation sites is 2. The zero-order chi connectivity index (χ0) is 37.1. The first kappa shape index (κ1) is 33.9. The lowest BCUT2D eigenvalue weighted by molar-refractivity contribution is 0.908. The molecule has 0 amide bonds. The van der Waals surface area contributed by atoms with Gasteiger partial charge in [-0.2, -0.15) is 0 Å². The molecule has 1 heterocycles. The second-order valence-corrected chi connectivity index (χ2v) is 14.8. The summed E-state index contributed by atoms with van der Waals surface area (Å²) in [5.74, 6) is 1.07. The van der Waals surface area contributed by atoms with Crippen LogP contribution in [-0.2, 0) is 6.42 Å². The lowest BCUT2D eigenvalue weighted by atomic mass is 9.59. The van der Waals surface area contributed by atoms with Crippen LogP contribution in [0, 0.1) is 0 Å². The number of aryl methyl sites for hydroxylation is 1. The normalized spacial score (nSPS) is 11.5. The first-order valence-electron chi connectivity index (χ1n) is 19.1. The van der Waals surface area contributed by atoms with E-state index < -0.39 is 0 Å².